The highest BCUT2D eigenvalue weighted by atomic mass is 79.9. The summed E-state index contributed by atoms with van der Waals surface area (Å²) in [7, 11) is 1.63. The molecule has 5 heteroatoms. The second-order valence-corrected chi connectivity index (χ2v) is 6.57. The predicted octanol–water partition coefficient (Wildman–Crippen LogP) is 6.06. The lowest BCUT2D eigenvalue weighted by Gasteiger charge is -2.07. The monoisotopic (exact) mass is 423 g/mol. The molecule has 136 valence electrons. The molecule has 0 aliphatic rings. The molecular formula is C22H18BrNO3. The summed E-state index contributed by atoms with van der Waals surface area (Å²) in [5.74, 6) is 2.18. The lowest BCUT2D eigenvalue weighted by Crippen LogP contribution is -1.96. The van der Waals surface area contributed by atoms with Crippen molar-refractivity contribution in [2.24, 2.45) is 0 Å². The van der Waals surface area contributed by atoms with Crippen molar-refractivity contribution in [2.45, 2.75) is 0 Å². The Kier molecular flexibility index (Phi) is 6.28. The van der Waals surface area contributed by atoms with E-state index < -0.39 is 0 Å². The zero-order valence-corrected chi connectivity index (χ0v) is 16.3. The smallest absolute Gasteiger partial charge is 0.187 e. The molecule has 1 N–H and O–H groups in total. The van der Waals surface area contributed by atoms with Crippen molar-refractivity contribution in [3.05, 3.63) is 95.1 Å². The molecule has 0 atom stereocenters. The van der Waals surface area contributed by atoms with Crippen LogP contribution in [0.3, 0.4) is 0 Å². The number of ether oxygens (including phenoxy) is 2. The molecule has 0 fully saturated rings. The number of benzene rings is 3. The third kappa shape index (κ3) is 5.46. The molecule has 0 saturated carbocycles. The molecule has 0 aromatic heterocycles. The number of allylic oxidation sites excluding steroid dienone is 1. The minimum absolute atomic E-state index is 0.0607. The van der Waals surface area contributed by atoms with Gasteiger partial charge in [-0.1, -0.05) is 15.9 Å². The number of ketones is 1. The summed E-state index contributed by atoms with van der Waals surface area (Å²) >= 11 is 3.35. The van der Waals surface area contributed by atoms with Gasteiger partial charge < -0.3 is 14.8 Å². The second-order valence-electron chi connectivity index (χ2n) is 5.65. The third-order valence-electron chi connectivity index (χ3n) is 3.76. The van der Waals surface area contributed by atoms with Crippen LogP contribution < -0.4 is 14.8 Å². The molecule has 3 rings (SSSR count). The van der Waals surface area contributed by atoms with Crippen molar-refractivity contribution in [2.75, 3.05) is 12.4 Å². The quantitative estimate of drug-likeness (QED) is 0.370. The van der Waals surface area contributed by atoms with Crippen LogP contribution in [0, 0.1) is 0 Å². The van der Waals surface area contributed by atoms with Crippen LogP contribution in [0.2, 0.25) is 0 Å². The number of nitrogens with one attached hydrogen (secondary N) is 1. The molecule has 0 heterocycles. The summed E-state index contributed by atoms with van der Waals surface area (Å²) in [6, 6.07) is 22.1. The fourth-order valence-electron chi connectivity index (χ4n) is 2.32. The van der Waals surface area contributed by atoms with Gasteiger partial charge in [0.1, 0.15) is 17.2 Å². The van der Waals surface area contributed by atoms with Gasteiger partial charge in [-0.15, -0.1) is 0 Å². The molecule has 0 amide bonds. The molecular weight excluding hydrogens is 406 g/mol. The third-order valence-corrected chi connectivity index (χ3v) is 4.29. The Bertz CT molecular complexity index is 917. The van der Waals surface area contributed by atoms with E-state index in [9.17, 15) is 4.79 Å². The van der Waals surface area contributed by atoms with E-state index in [1.165, 1.54) is 6.08 Å². The summed E-state index contributed by atoms with van der Waals surface area (Å²) in [5, 5.41) is 3.08. The van der Waals surface area contributed by atoms with Gasteiger partial charge in [-0.2, -0.15) is 0 Å². The Labute approximate surface area is 166 Å². The number of anilines is 1. The first-order chi connectivity index (χ1) is 13.1. The van der Waals surface area contributed by atoms with Gasteiger partial charge in [0.05, 0.1) is 7.11 Å². The van der Waals surface area contributed by atoms with Crippen LogP contribution in [-0.2, 0) is 0 Å². The fraction of sp³-hybridized carbons (Fsp3) is 0.0455. The van der Waals surface area contributed by atoms with E-state index in [1.807, 2.05) is 60.7 Å². The number of rotatable bonds is 7. The number of halogens is 1. The van der Waals surface area contributed by atoms with Gasteiger partial charge in [-0.25, -0.2) is 0 Å². The largest absolute Gasteiger partial charge is 0.497 e. The zero-order valence-electron chi connectivity index (χ0n) is 14.7. The molecule has 0 saturated heterocycles. The first-order valence-corrected chi connectivity index (χ1v) is 9.08. The van der Waals surface area contributed by atoms with Crippen molar-refractivity contribution in [1.29, 1.82) is 0 Å². The fourth-order valence-corrected chi connectivity index (χ4v) is 2.59. The van der Waals surface area contributed by atoms with Crippen LogP contribution in [0.25, 0.3) is 0 Å². The van der Waals surface area contributed by atoms with Gasteiger partial charge in [0.25, 0.3) is 0 Å². The van der Waals surface area contributed by atoms with E-state index >= 15 is 0 Å². The van der Waals surface area contributed by atoms with E-state index in [0.29, 0.717) is 5.56 Å². The Morgan fingerprint density at radius 2 is 1.41 bits per heavy atom. The number of hydrogen-bond donors (Lipinski definition) is 1. The first-order valence-electron chi connectivity index (χ1n) is 8.29. The van der Waals surface area contributed by atoms with Gasteiger partial charge in [-0.05, 0) is 72.8 Å². The molecule has 27 heavy (non-hydrogen) atoms. The highest BCUT2D eigenvalue weighted by Gasteiger charge is 2.01. The standard InChI is InChI=1S/C22H18BrNO3/c1-26-19-10-12-21(13-11-19)27-20-8-6-18(7-9-20)24-15-14-22(25)16-2-4-17(23)5-3-16/h2-15,24H,1H3/b15-14+. The molecule has 3 aromatic rings. The Balaban J connectivity index is 1.55. The van der Waals surface area contributed by atoms with Gasteiger partial charge in [0, 0.05) is 28.0 Å². The maximum atomic E-state index is 12.1. The summed E-state index contributed by atoms with van der Waals surface area (Å²) in [5.41, 5.74) is 1.50. The van der Waals surface area contributed by atoms with Crippen molar-refractivity contribution < 1.29 is 14.3 Å². The summed E-state index contributed by atoms with van der Waals surface area (Å²) < 4.78 is 11.9. The SMILES string of the molecule is COc1ccc(Oc2ccc(N/C=C/C(=O)c3ccc(Br)cc3)cc2)cc1. The highest BCUT2D eigenvalue weighted by molar-refractivity contribution is 9.10. The highest BCUT2D eigenvalue weighted by Crippen LogP contribution is 2.25. The molecule has 0 bridgehead atoms. The van der Waals surface area contributed by atoms with Gasteiger partial charge in [0.2, 0.25) is 0 Å². The molecule has 0 spiro atoms. The number of methoxy groups -OCH3 is 1. The topological polar surface area (TPSA) is 47.6 Å². The molecule has 0 aliphatic heterocycles. The van der Waals surface area contributed by atoms with Gasteiger partial charge in [-0.3, -0.25) is 4.79 Å². The maximum absolute atomic E-state index is 12.1. The van der Waals surface area contributed by atoms with Gasteiger partial charge in [0.15, 0.2) is 5.78 Å². The predicted molar refractivity (Wildman–Crippen MR) is 111 cm³/mol. The maximum Gasteiger partial charge on any atom is 0.187 e. The van der Waals surface area contributed by atoms with Crippen LogP contribution >= 0.6 is 15.9 Å². The van der Waals surface area contributed by atoms with Gasteiger partial charge >= 0.3 is 0 Å². The van der Waals surface area contributed by atoms with E-state index in [2.05, 4.69) is 21.2 Å². The molecule has 0 unspecified atom stereocenters. The van der Waals surface area contributed by atoms with Crippen LogP contribution in [0.15, 0.2) is 89.5 Å². The Morgan fingerprint density at radius 1 is 0.852 bits per heavy atom. The molecule has 0 radical (unpaired) electrons. The minimum atomic E-state index is -0.0607. The minimum Gasteiger partial charge on any atom is -0.497 e. The second kappa shape index (κ2) is 9.05. The van der Waals surface area contributed by atoms with Crippen molar-refractivity contribution >= 4 is 27.4 Å². The molecule has 0 aliphatic carbocycles. The first kappa shape index (κ1) is 18.7. The zero-order chi connectivity index (χ0) is 19.1. The lowest BCUT2D eigenvalue weighted by atomic mass is 10.1. The Hall–Kier alpha value is -3.05. The van der Waals surface area contributed by atoms with Crippen LogP contribution in [0.5, 0.6) is 17.2 Å². The van der Waals surface area contributed by atoms with E-state index in [1.54, 1.807) is 25.4 Å². The number of carbonyl (C=O) groups excluding carboxylic acids is 1. The summed E-state index contributed by atoms with van der Waals surface area (Å²) in [6.45, 7) is 0. The van der Waals surface area contributed by atoms with Crippen LogP contribution in [0.4, 0.5) is 5.69 Å². The average molecular weight is 424 g/mol. The van der Waals surface area contributed by atoms with Crippen LogP contribution in [0.1, 0.15) is 10.4 Å². The summed E-state index contributed by atoms with van der Waals surface area (Å²) in [6.07, 6.45) is 3.13. The number of carbonyl (C=O) groups is 1. The van der Waals surface area contributed by atoms with E-state index in [-0.39, 0.29) is 5.78 Å². The average Bonchev–Trinajstić information content (AvgIpc) is 2.70. The van der Waals surface area contributed by atoms with Crippen molar-refractivity contribution in [3.8, 4) is 17.2 Å². The summed E-state index contributed by atoms with van der Waals surface area (Å²) in [4.78, 5) is 12.1. The normalized spacial score (nSPS) is 10.6. The number of hydrogen-bond acceptors (Lipinski definition) is 4. The van der Waals surface area contributed by atoms with Crippen molar-refractivity contribution in [3.63, 3.8) is 0 Å². The van der Waals surface area contributed by atoms with Crippen molar-refractivity contribution in [1.82, 2.24) is 0 Å². The molecule has 4 nitrogen and oxygen atoms in total. The van der Waals surface area contributed by atoms with E-state index in [4.69, 9.17) is 9.47 Å². The Morgan fingerprint density at radius 3 is 2.00 bits per heavy atom. The van der Waals surface area contributed by atoms with Crippen LogP contribution in [-0.4, -0.2) is 12.9 Å². The van der Waals surface area contributed by atoms with E-state index in [0.717, 1.165) is 27.4 Å². The molecule has 3 aromatic carbocycles. The lowest BCUT2D eigenvalue weighted by molar-refractivity contribution is 0.104.